The van der Waals surface area contributed by atoms with Gasteiger partial charge in [0.05, 0.1) is 6.61 Å². The zero-order valence-electron chi connectivity index (χ0n) is 15.4. The van der Waals surface area contributed by atoms with Gasteiger partial charge in [0.1, 0.15) is 11.7 Å². The van der Waals surface area contributed by atoms with Crippen molar-refractivity contribution in [3.8, 4) is 0 Å². The smallest absolute Gasteiger partial charge is 0.122 e. The van der Waals surface area contributed by atoms with Crippen molar-refractivity contribution < 1.29 is 9.47 Å². The van der Waals surface area contributed by atoms with Crippen molar-refractivity contribution >= 4 is 11.6 Å². The van der Waals surface area contributed by atoms with Gasteiger partial charge in [-0.2, -0.15) is 0 Å². The van der Waals surface area contributed by atoms with Crippen LogP contribution < -0.4 is 5.32 Å². The van der Waals surface area contributed by atoms with Gasteiger partial charge in [-0.3, -0.25) is 0 Å². The van der Waals surface area contributed by atoms with Crippen molar-refractivity contribution in [3.63, 3.8) is 0 Å². The van der Waals surface area contributed by atoms with Gasteiger partial charge in [-0.05, 0) is 42.6 Å². The van der Waals surface area contributed by atoms with Gasteiger partial charge in [0.25, 0.3) is 0 Å². The number of piperidine rings is 1. The lowest BCUT2D eigenvalue weighted by Gasteiger charge is -2.44. The first-order valence-electron chi connectivity index (χ1n) is 9.51. The summed E-state index contributed by atoms with van der Waals surface area (Å²) in [6.45, 7) is 5.21. The molecular formula is C22H28ClNO2. The molecule has 1 heterocycles. The summed E-state index contributed by atoms with van der Waals surface area (Å²) < 4.78 is 12.9. The van der Waals surface area contributed by atoms with Crippen molar-refractivity contribution in [3.05, 3.63) is 70.7 Å². The van der Waals surface area contributed by atoms with Crippen LogP contribution in [0, 0.1) is 0 Å². The highest BCUT2D eigenvalue weighted by atomic mass is 35.5. The molecule has 0 aromatic heterocycles. The molecule has 1 saturated heterocycles. The summed E-state index contributed by atoms with van der Waals surface area (Å²) in [5.41, 5.74) is 1.85. The van der Waals surface area contributed by atoms with E-state index in [9.17, 15) is 0 Å². The zero-order valence-corrected chi connectivity index (χ0v) is 16.2. The minimum Gasteiger partial charge on any atom is -0.374 e. The molecule has 2 aromatic rings. The minimum atomic E-state index is -0.459. The molecule has 1 fully saturated rings. The fourth-order valence-corrected chi connectivity index (χ4v) is 3.62. The summed E-state index contributed by atoms with van der Waals surface area (Å²) in [5.74, 6) is 0. The number of unbranched alkanes of at least 4 members (excludes halogenated alkanes) is 1. The van der Waals surface area contributed by atoms with E-state index in [-0.39, 0.29) is 6.10 Å². The fourth-order valence-electron chi connectivity index (χ4n) is 3.49. The Hall–Kier alpha value is -1.39. The van der Waals surface area contributed by atoms with Crippen LogP contribution in [0.1, 0.15) is 37.3 Å². The lowest BCUT2D eigenvalue weighted by atomic mass is 9.82. The number of nitrogens with one attached hydrogen (secondary N) is 1. The highest BCUT2D eigenvalue weighted by Gasteiger charge is 2.44. The number of benzene rings is 2. The molecule has 3 nitrogen and oxygen atoms in total. The van der Waals surface area contributed by atoms with E-state index in [2.05, 4.69) is 36.5 Å². The SMILES string of the molecule is CCCCO[C@H]1CNCC[C@@]1(OCc1ccccc1)c1ccc(Cl)cc1. The van der Waals surface area contributed by atoms with Crippen molar-refractivity contribution in [1.82, 2.24) is 5.32 Å². The van der Waals surface area contributed by atoms with Crippen molar-refractivity contribution in [2.45, 2.75) is 44.5 Å². The molecule has 4 heteroatoms. The Morgan fingerprint density at radius 3 is 2.62 bits per heavy atom. The molecule has 0 bridgehead atoms. The Bertz CT molecular complexity index is 662. The van der Waals surface area contributed by atoms with E-state index < -0.39 is 5.60 Å². The van der Waals surface area contributed by atoms with E-state index in [1.165, 1.54) is 5.56 Å². The molecule has 1 N–H and O–H groups in total. The average molecular weight is 374 g/mol. The van der Waals surface area contributed by atoms with Crippen LogP contribution in [0.25, 0.3) is 0 Å². The Morgan fingerprint density at radius 1 is 1.12 bits per heavy atom. The van der Waals surface area contributed by atoms with Gasteiger partial charge >= 0.3 is 0 Å². The molecule has 0 radical (unpaired) electrons. The molecule has 140 valence electrons. The maximum Gasteiger partial charge on any atom is 0.122 e. The first-order valence-corrected chi connectivity index (χ1v) is 9.88. The summed E-state index contributed by atoms with van der Waals surface area (Å²) in [4.78, 5) is 0. The maximum atomic E-state index is 6.62. The number of halogens is 1. The normalized spacial score (nSPS) is 23.1. The third-order valence-electron chi connectivity index (χ3n) is 5.01. The van der Waals surface area contributed by atoms with Crippen molar-refractivity contribution in [1.29, 1.82) is 0 Å². The van der Waals surface area contributed by atoms with Gasteiger partial charge in [0.15, 0.2) is 0 Å². The molecule has 1 aliphatic heterocycles. The van der Waals surface area contributed by atoms with Gasteiger partial charge < -0.3 is 14.8 Å². The van der Waals surface area contributed by atoms with Crippen LogP contribution in [0.15, 0.2) is 54.6 Å². The van der Waals surface area contributed by atoms with Gasteiger partial charge in [-0.25, -0.2) is 0 Å². The number of hydrogen-bond donors (Lipinski definition) is 1. The highest BCUT2D eigenvalue weighted by Crippen LogP contribution is 2.38. The number of rotatable bonds is 8. The van der Waals surface area contributed by atoms with Gasteiger partial charge in [-0.15, -0.1) is 0 Å². The van der Waals surface area contributed by atoms with E-state index in [0.717, 1.165) is 49.5 Å². The predicted octanol–water partition coefficient (Wildman–Crippen LogP) is 4.93. The Labute approximate surface area is 161 Å². The summed E-state index contributed by atoms with van der Waals surface area (Å²) >= 11 is 6.12. The van der Waals surface area contributed by atoms with Crippen LogP contribution in [0.5, 0.6) is 0 Å². The Kier molecular flexibility index (Phi) is 7.09. The molecule has 2 atom stereocenters. The van der Waals surface area contributed by atoms with Crippen LogP contribution in [-0.2, 0) is 21.7 Å². The average Bonchev–Trinajstić information content (AvgIpc) is 2.69. The lowest BCUT2D eigenvalue weighted by Crippen LogP contribution is -2.54. The van der Waals surface area contributed by atoms with Crippen LogP contribution in [-0.4, -0.2) is 25.8 Å². The fraction of sp³-hybridized carbons (Fsp3) is 0.455. The monoisotopic (exact) mass is 373 g/mol. The first-order chi connectivity index (χ1) is 12.7. The van der Waals surface area contributed by atoms with Gasteiger partial charge in [0.2, 0.25) is 0 Å². The van der Waals surface area contributed by atoms with Crippen LogP contribution in [0.3, 0.4) is 0 Å². The molecule has 0 aliphatic carbocycles. The second-order valence-electron chi connectivity index (χ2n) is 6.84. The first kappa shape index (κ1) is 19.4. The topological polar surface area (TPSA) is 30.5 Å². The summed E-state index contributed by atoms with van der Waals surface area (Å²) in [7, 11) is 0. The Morgan fingerprint density at radius 2 is 1.88 bits per heavy atom. The highest BCUT2D eigenvalue weighted by molar-refractivity contribution is 6.30. The van der Waals surface area contributed by atoms with Crippen molar-refractivity contribution in [2.24, 2.45) is 0 Å². The molecule has 26 heavy (non-hydrogen) atoms. The third kappa shape index (κ3) is 4.66. The molecule has 2 aromatic carbocycles. The molecule has 0 amide bonds. The molecule has 0 saturated carbocycles. The third-order valence-corrected chi connectivity index (χ3v) is 5.26. The number of ether oxygens (including phenoxy) is 2. The molecule has 0 unspecified atom stereocenters. The summed E-state index contributed by atoms with van der Waals surface area (Å²) in [6.07, 6.45) is 3.04. The molecule has 0 spiro atoms. The summed E-state index contributed by atoms with van der Waals surface area (Å²) in [6, 6.07) is 18.4. The van der Waals surface area contributed by atoms with E-state index >= 15 is 0 Å². The standard InChI is InChI=1S/C22H28ClNO2/c1-2-3-15-25-21-16-24-14-13-22(21,19-9-11-20(23)12-10-19)26-17-18-7-5-4-6-8-18/h4-12,21,24H,2-3,13-17H2,1H3/t21-,22+/m0/s1. The minimum absolute atomic E-state index is 0.0207. The second-order valence-corrected chi connectivity index (χ2v) is 7.27. The Balaban J connectivity index is 1.86. The number of hydrogen-bond acceptors (Lipinski definition) is 3. The zero-order chi connectivity index (χ0) is 18.2. The summed E-state index contributed by atoms with van der Waals surface area (Å²) in [5, 5.41) is 4.20. The molecule has 3 rings (SSSR count). The largest absolute Gasteiger partial charge is 0.374 e. The molecular weight excluding hydrogens is 346 g/mol. The maximum absolute atomic E-state index is 6.62. The quantitative estimate of drug-likeness (QED) is 0.665. The van der Waals surface area contributed by atoms with Crippen LogP contribution in [0.2, 0.25) is 5.02 Å². The van der Waals surface area contributed by atoms with Crippen molar-refractivity contribution in [2.75, 3.05) is 19.7 Å². The van der Waals surface area contributed by atoms with E-state index in [0.29, 0.717) is 6.61 Å². The van der Waals surface area contributed by atoms with E-state index in [1.807, 2.05) is 30.3 Å². The van der Waals surface area contributed by atoms with E-state index in [4.69, 9.17) is 21.1 Å². The second kappa shape index (κ2) is 9.52. The van der Waals surface area contributed by atoms with Crippen LogP contribution >= 0.6 is 11.6 Å². The molecule has 1 aliphatic rings. The predicted molar refractivity (Wildman–Crippen MR) is 106 cm³/mol. The lowest BCUT2D eigenvalue weighted by molar-refractivity contribution is -0.172. The van der Waals surface area contributed by atoms with Crippen LogP contribution in [0.4, 0.5) is 0 Å². The van der Waals surface area contributed by atoms with E-state index in [1.54, 1.807) is 0 Å². The van der Waals surface area contributed by atoms with Gasteiger partial charge in [-0.1, -0.05) is 67.4 Å². The van der Waals surface area contributed by atoms with Gasteiger partial charge in [0, 0.05) is 18.2 Å².